The fourth-order valence-electron chi connectivity index (χ4n) is 3.43. The Balaban J connectivity index is 0. The van der Waals surface area contributed by atoms with E-state index in [9.17, 15) is 48.1 Å². The maximum atomic E-state index is 13.2. The SMILES string of the molecule is C=CC[N+](CC=C)(CC=C)CC=C.O=S(=O)([O-])C(F)(F)C(F)(F)C(F)CCCCCCCCC(F)(F)F. The summed E-state index contributed by atoms with van der Waals surface area (Å²) in [6, 6.07) is 0. The predicted octanol–water partition coefficient (Wildman–Crippen LogP) is 7.33. The van der Waals surface area contributed by atoms with E-state index in [1.54, 1.807) is 0 Å². The second-order valence-corrected chi connectivity index (χ2v) is 9.98. The van der Waals surface area contributed by atoms with Crippen molar-refractivity contribution in [2.24, 2.45) is 0 Å². The Morgan fingerprint density at radius 1 is 0.703 bits per heavy atom. The molecule has 1 atom stereocenters. The number of hydrogen-bond acceptors (Lipinski definition) is 3. The Bertz CT molecular complexity index is 753. The fraction of sp³-hybridized carbons (Fsp3) is 0.667. The van der Waals surface area contributed by atoms with Crippen molar-refractivity contribution in [3.63, 3.8) is 0 Å². The standard InChI is InChI=1S/C12H18F8O3S.C12H20N/c13-9(11(17,18)12(19,20)24(21,22)23)7-5-3-1-2-4-6-8-10(14,15)16;1-5-9-13(10-6-2,11-7-3)12-8-4/h9H,1-8H2,(H,21,22,23);5-8H,1-4,9-12H2/q;+1/p-1. The van der Waals surface area contributed by atoms with Gasteiger partial charge in [0.15, 0.2) is 16.3 Å². The molecule has 0 aromatic carbocycles. The molecule has 0 spiro atoms. The van der Waals surface area contributed by atoms with Crippen LogP contribution in [0.5, 0.6) is 0 Å². The Morgan fingerprint density at radius 3 is 1.38 bits per heavy atom. The van der Waals surface area contributed by atoms with Gasteiger partial charge in [0.1, 0.15) is 0 Å². The molecule has 0 radical (unpaired) electrons. The van der Waals surface area contributed by atoms with Crippen LogP contribution in [0.4, 0.5) is 35.1 Å². The summed E-state index contributed by atoms with van der Waals surface area (Å²) in [5.41, 5.74) is 0. The number of rotatable bonds is 19. The normalized spacial score (nSPS) is 13.8. The third kappa shape index (κ3) is 14.1. The molecular weight excluding hydrogens is 534 g/mol. The number of quaternary nitrogens is 1. The van der Waals surface area contributed by atoms with E-state index in [1.807, 2.05) is 24.3 Å². The average molecular weight is 572 g/mol. The molecule has 218 valence electrons. The molecule has 0 heterocycles. The van der Waals surface area contributed by atoms with Crippen LogP contribution in [0.3, 0.4) is 0 Å². The van der Waals surface area contributed by atoms with Crippen LogP contribution in [-0.2, 0) is 10.1 Å². The molecule has 1 unspecified atom stereocenters. The molecule has 0 aliphatic heterocycles. The lowest BCUT2D eigenvalue weighted by atomic mass is 10.0. The van der Waals surface area contributed by atoms with Gasteiger partial charge < -0.3 is 9.04 Å². The van der Waals surface area contributed by atoms with Crippen LogP contribution in [0.15, 0.2) is 50.6 Å². The molecule has 13 heteroatoms. The lowest BCUT2D eigenvalue weighted by Gasteiger charge is -2.35. The van der Waals surface area contributed by atoms with Crippen molar-refractivity contribution in [2.75, 3.05) is 26.2 Å². The molecule has 0 bridgehead atoms. The van der Waals surface area contributed by atoms with Gasteiger partial charge in [-0.2, -0.15) is 30.7 Å². The van der Waals surface area contributed by atoms with Crippen molar-refractivity contribution in [1.29, 1.82) is 0 Å². The molecule has 0 rings (SSSR count). The first-order chi connectivity index (χ1) is 16.9. The van der Waals surface area contributed by atoms with Crippen molar-refractivity contribution in [3.8, 4) is 0 Å². The van der Waals surface area contributed by atoms with Gasteiger partial charge in [-0.25, -0.2) is 12.8 Å². The van der Waals surface area contributed by atoms with E-state index >= 15 is 0 Å². The van der Waals surface area contributed by atoms with E-state index in [-0.39, 0.29) is 32.1 Å². The molecular formula is C24H37F8NO3S. The van der Waals surface area contributed by atoms with Gasteiger partial charge in [0.25, 0.3) is 0 Å². The highest BCUT2D eigenvalue weighted by molar-refractivity contribution is 7.86. The molecule has 4 nitrogen and oxygen atoms in total. The zero-order chi connectivity index (χ0) is 29.4. The first-order valence-electron chi connectivity index (χ1n) is 11.6. The molecule has 0 aliphatic rings. The van der Waals surface area contributed by atoms with Gasteiger partial charge in [0, 0.05) is 6.42 Å². The maximum Gasteiger partial charge on any atom is 0.399 e. The summed E-state index contributed by atoms with van der Waals surface area (Å²) in [5.74, 6) is -5.65. The van der Waals surface area contributed by atoms with Crippen molar-refractivity contribution in [2.45, 2.75) is 74.9 Å². The highest BCUT2D eigenvalue weighted by atomic mass is 32.2. The Hall–Kier alpha value is -1.73. The number of unbranched alkanes of at least 4 members (excludes halogenated alkanes) is 5. The highest BCUT2D eigenvalue weighted by Crippen LogP contribution is 2.43. The Kier molecular flexibility index (Phi) is 17.2. The Labute approximate surface area is 214 Å². The summed E-state index contributed by atoms with van der Waals surface area (Å²) < 4.78 is 132. The average Bonchev–Trinajstić information content (AvgIpc) is 2.75. The summed E-state index contributed by atoms with van der Waals surface area (Å²) in [6.45, 7) is 18.8. The molecule has 37 heavy (non-hydrogen) atoms. The Morgan fingerprint density at radius 2 is 1.05 bits per heavy atom. The summed E-state index contributed by atoms with van der Waals surface area (Å²) in [4.78, 5) is 0. The van der Waals surface area contributed by atoms with Gasteiger partial charge in [-0.3, -0.25) is 0 Å². The zero-order valence-corrected chi connectivity index (χ0v) is 21.6. The fourth-order valence-corrected chi connectivity index (χ4v) is 3.89. The summed E-state index contributed by atoms with van der Waals surface area (Å²) in [5, 5.41) is -6.06. The second-order valence-electron chi connectivity index (χ2n) is 8.56. The van der Waals surface area contributed by atoms with Gasteiger partial charge >= 0.3 is 17.4 Å². The molecule has 0 amide bonds. The van der Waals surface area contributed by atoms with Gasteiger partial charge in [-0.05, 0) is 37.1 Å². The zero-order valence-electron chi connectivity index (χ0n) is 20.8. The molecule has 0 saturated heterocycles. The van der Waals surface area contributed by atoms with Crippen LogP contribution >= 0.6 is 0 Å². The lowest BCUT2D eigenvalue weighted by molar-refractivity contribution is -0.906. The lowest BCUT2D eigenvalue weighted by Crippen LogP contribution is -2.52. The first kappa shape index (κ1) is 37.4. The van der Waals surface area contributed by atoms with E-state index in [0.717, 1.165) is 30.7 Å². The minimum atomic E-state index is -6.73. The van der Waals surface area contributed by atoms with Crippen molar-refractivity contribution in [3.05, 3.63) is 50.6 Å². The van der Waals surface area contributed by atoms with Crippen molar-refractivity contribution < 1.29 is 52.6 Å². The van der Waals surface area contributed by atoms with Crippen molar-refractivity contribution >= 4 is 10.1 Å². The summed E-state index contributed by atoms with van der Waals surface area (Å²) in [7, 11) is -6.73. The first-order valence-corrected chi connectivity index (χ1v) is 13.0. The topological polar surface area (TPSA) is 57.2 Å². The smallest absolute Gasteiger partial charge is 0.399 e. The van der Waals surface area contributed by atoms with Crippen LogP contribution in [-0.4, -0.2) is 67.2 Å². The molecule has 0 saturated carbocycles. The van der Waals surface area contributed by atoms with Crippen LogP contribution in [0.1, 0.15) is 51.4 Å². The van der Waals surface area contributed by atoms with E-state index in [1.165, 1.54) is 0 Å². The second kappa shape index (κ2) is 17.0. The van der Waals surface area contributed by atoms with Gasteiger partial charge in [-0.15, -0.1) is 0 Å². The van der Waals surface area contributed by atoms with Crippen molar-refractivity contribution in [1.82, 2.24) is 0 Å². The number of nitrogens with zero attached hydrogens (tertiary/aromatic N) is 1. The summed E-state index contributed by atoms with van der Waals surface area (Å²) >= 11 is 0. The summed E-state index contributed by atoms with van der Waals surface area (Å²) in [6.07, 6.45) is -1.56. The quantitative estimate of drug-likeness (QED) is 0.0537. The maximum absolute atomic E-state index is 13.2. The molecule has 0 aromatic rings. The van der Waals surface area contributed by atoms with Crippen LogP contribution in [0.25, 0.3) is 0 Å². The third-order valence-electron chi connectivity index (χ3n) is 5.33. The van der Waals surface area contributed by atoms with E-state index in [0.29, 0.717) is 6.42 Å². The van der Waals surface area contributed by atoms with Gasteiger partial charge in [0.05, 0.1) is 26.2 Å². The third-order valence-corrected chi connectivity index (χ3v) is 6.23. The number of halogens is 8. The highest BCUT2D eigenvalue weighted by Gasteiger charge is 2.66. The monoisotopic (exact) mass is 571 g/mol. The molecule has 0 aromatic heterocycles. The van der Waals surface area contributed by atoms with E-state index in [2.05, 4.69) is 26.3 Å². The van der Waals surface area contributed by atoms with Crippen LogP contribution < -0.4 is 0 Å². The number of alkyl halides is 8. The van der Waals surface area contributed by atoms with Gasteiger partial charge in [0.2, 0.25) is 0 Å². The van der Waals surface area contributed by atoms with Gasteiger partial charge in [-0.1, -0.05) is 58.4 Å². The molecule has 0 fully saturated rings. The van der Waals surface area contributed by atoms with Crippen LogP contribution in [0, 0.1) is 0 Å². The number of hydrogen-bond donors (Lipinski definition) is 0. The predicted molar refractivity (Wildman–Crippen MR) is 128 cm³/mol. The van der Waals surface area contributed by atoms with E-state index in [4.69, 9.17) is 0 Å². The van der Waals surface area contributed by atoms with Crippen LogP contribution in [0.2, 0.25) is 0 Å². The van der Waals surface area contributed by atoms with E-state index < -0.39 is 46.5 Å². The minimum Gasteiger partial charge on any atom is -0.743 e. The molecule has 0 N–H and O–H groups in total. The largest absolute Gasteiger partial charge is 0.743 e. The molecule has 0 aliphatic carbocycles. The minimum absolute atomic E-state index is 0.0955.